The van der Waals surface area contributed by atoms with Gasteiger partial charge < -0.3 is 10.2 Å². The van der Waals surface area contributed by atoms with Gasteiger partial charge in [-0.2, -0.15) is 0 Å². The average Bonchev–Trinajstić information content (AvgIpc) is 3.03. The molecular formula is C35H37Cl2N3O4S. The molecule has 4 aromatic carbocycles. The Hall–Kier alpha value is -3.85. The average molecular weight is 667 g/mol. The summed E-state index contributed by atoms with van der Waals surface area (Å²) in [4.78, 5) is 29.7. The first kappa shape index (κ1) is 34.0. The van der Waals surface area contributed by atoms with Gasteiger partial charge in [-0.15, -0.1) is 0 Å². The maximum atomic E-state index is 14.5. The number of rotatable bonds is 14. The Morgan fingerprint density at radius 3 is 2.22 bits per heavy atom. The number of benzene rings is 4. The van der Waals surface area contributed by atoms with Gasteiger partial charge >= 0.3 is 0 Å². The smallest absolute Gasteiger partial charge is 0.264 e. The predicted molar refractivity (Wildman–Crippen MR) is 181 cm³/mol. The Morgan fingerprint density at radius 1 is 0.867 bits per heavy atom. The molecule has 7 nitrogen and oxygen atoms in total. The molecule has 0 aromatic heterocycles. The molecule has 45 heavy (non-hydrogen) atoms. The Labute approximate surface area is 275 Å². The number of hydrogen-bond acceptors (Lipinski definition) is 4. The minimum absolute atomic E-state index is 0.000144. The van der Waals surface area contributed by atoms with E-state index in [9.17, 15) is 18.0 Å². The summed E-state index contributed by atoms with van der Waals surface area (Å²) in [5, 5.41) is 3.80. The lowest BCUT2D eigenvalue weighted by Gasteiger charge is -2.34. The second-order valence-corrected chi connectivity index (χ2v) is 13.5. The van der Waals surface area contributed by atoms with Gasteiger partial charge in [0.15, 0.2) is 0 Å². The zero-order chi connectivity index (χ0) is 32.4. The summed E-state index contributed by atoms with van der Waals surface area (Å²) < 4.78 is 29.3. The van der Waals surface area contributed by atoms with Crippen molar-refractivity contribution in [3.63, 3.8) is 0 Å². The first-order valence-corrected chi connectivity index (χ1v) is 17.0. The highest BCUT2D eigenvalue weighted by molar-refractivity contribution is 7.92. The van der Waals surface area contributed by atoms with Crippen LogP contribution in [0.4, 0.5) is 5.69 Å². The number of unbranched alkanes of at least 4 members (excludes halogenated alkanes) is 1. The molecular weight excluding hydrogens is 629 g/mol. The van der Waals surface area contributed by atoms with Crippen LogP contribution in [0.25, 0.3) is 0 Å². The van der Waals surface area contributed by atoms with Crippen molar-refractivity contribution in [2.75, 3.05) is 17.4 Å². The summed E-state index contributed by atoms with van der Waals surface area (Å²) in [7, 11) is -4.22. The van der Waals surface area contributed by atoms with Crippen molar-refractivity contribution in [2.24, 2.45) is 0 Å². The lowest BCUT2D eigenvalue weighted by Crippen LogP contribution is -2.53. The fourth-order valence-electron chi connectivity index (χ4n) is 4.92. The highest BCUT2D eigenvalue weighted by Crippen LogP contribution is 2.27. The van der Waals surface area contributed by atoms with Crippen molar-refractivity contribution in [1.82, 2.24) is 10.2 Å². The van der Waals surface area contributed by atoms with Crippen LogP contribution in [0, 0.1) is 6.92 Å². The van der Waals surface area contributed by atoms with Crippen molar-refractivity contribution in [3.8, 4) is 0 Å². The van der Waals surface area contributed by atoms with Gasteiger partial charge in [-0.3, -0.25) is 13.9 Å². The van der Waals surface area contributed by atoms with E-state index in [2.05, 4.69) is 5.32 Å². The third-order valence-electron chi connectivity index (χ3n) is 7.37. The van der Waals surface area contributed by atoms with Crippen LogP contribution in [0.2, 0.25) is 10.0 Å². The number of hydrogen-bond donors (Lipinski definition) is 1. The van der Waals surface area contributed by atoms with Crippen LogP contribution >= 0.6 is 23.2 Å². The van der Waals surface area contributed by atoms with Crippen LogP contribution in [0.1, 0.15) is 36.5 Å². The first-order chi connectivity index (χ1) is 21.6. The van der Waals surface area contributed by atoms with Gasteiger partial charge in [0.2, 0.25) is 11.8 Å². The number of amides is 2. The summed E-state index contributed by atoms with van der Waals surface area (Å²) in [6.07, 6.45) is 1.89. The highest BCUT2D eigenvalue weighted by Gasteiger charge is 2.35. The molecule has 0 spiro atoms. The second kappa shape index (κ2) is 15.9. The first-order valence-electron chi connectivity index (χ1n) is 14.8. The van der Waals surface area contributed by atoms with Gasteiger partial charge in [0.05, 0.1) is 10.6 Å². The molecule has 10 heteroatoms. The molecule has 0 saturated carbocycles. The van der Waals surface area contributed by atoms with E-state index >= 15 is 0 Å². The minimum atomic E-state index is -4.22. The number of nitrogens with one attached hydrogen (secondary N) is 1. The van der Waals surface area contributed by atoms with E-state index < -0.39 is 28.5 Å². The van der Waals surface area contributed by atoms with Crippen LogP contribution in [0.15, 0.2) is 108 Å². The van der Waals surface area contributed by atoms with E-state index in [1.54, 1.807) is 42.5 Å². The van der Waals surface area contributed by atoms with E-state index in [0.717, 1.165) is 28.3 Å². The Morgan fingerprint density at radius 2 is 1.56 bits per heavy atom. The molecule has 4 rings (SSSR count). The third kappa shape index (κ3) is 9.10. The molecule has 1 N–H and O–H groups in total. The Balaban J connectivity index is 1.80. The summed E-state index contributed by atoms with van der Waals surface area (Å²) >= 11 is 12.6. The standard InChI is InChI=1S/C35H37Cl2N3O4S/c1-3-4-21-38-35(42)33(23-27-12-6-5-7-13-27)39(24-28-14-8-9-16-32(28)37)34(41)25-40(30-15-10-11-26(2)22-30)45(43,44)31-19-17-29(36)18-20-31/h5-20,22,33H,3-4,21,23-25H2,1-2H3,(H,38,42). The predicted octanol–water partition coefficient (Wildman–Crippen LogP) is 7.05. The van der Waals surface area contributed by atoms with Gasteiger partial charge in [-0.1, -0.05) is 97.2 Å². The molecule has 0 aliphatic heterocycles. The molecule has 2 amide bonds. The molecule has 1 atom stereocenters. The number of carbonyl (C=O) groups excluding carboxylic acids is 2. The van der Waals surface area contributed by atoms with Crippen molar-refractivity contribution in [1.29, 1.82) is 0 Å². The fraction of sp³-hybridized carbons (Fsp3) is 0.257. The fourth-order valence-corrected chi connectivity index (χ4v) is 6.64. The molecule has 0 saturated heterocycles. The molecule has 1 unspecified atom stereocenters. The van der Waals surface area contributed by atoms with Gasteiger partial charge in [-0.05, 0) is 72.5 Å². The van der Waals surface area contributed by atoms with E-state index in [1.165, 1.54) is 29.2 Å². The SMILES string of the molecule is CCCCNC(=O)C(Cc1ccccc1)N(Cc1ccccc1Cl)C(=O)CN(c1cccc(C)c1)S(=O)(=O)c1ccc(Cl)cc1. The number of aryl methyl sites for hydroxylation is 1. The maximum absolute atomic E-state index is 14.5. The van der Waals surface area contributed by atoms with E-state index in [-0.39, 0.29) is 23.8 Å². The summed E-state index contributed by atoms with van der Waals surface area (Å²) in [6.45, 7) is 3.78. The monoisotopic (exact) mass is 665 g/mol. The van der Waals surface area contributed by atoms with Gasteiger partial charge in [0.1, 0.15) is 12.6 Å². The summed E-state index contributed by atoms with van der Waals surface area (Å²) in [5.41, 5.74) is 2.63. The van der Waals surface area contributed by atoms with Crippen molar-refractivity contribution < 1.29 is 18.0 Å². The Bertz CT molecular complexity index is 1700. The zero-order valence-electron chi connectivity index (χ0n) is 25.3. The van der Waals surface area contributed by atoms with E-state index in [1.807, 2.05) is 50.2 Å². The largest absolute Gasteiger partial charge is 0.354 e. The van der Waals surface area contributed by atoms with Crippen LogP contribution in [0.3, 0.4) is 0 Å². The van der Waals surface area contributed by atoms with Crippen LogP contribution < -0.4 is 9.62 Å². The molecule has 0 fully saturated rings. The van der Waals surface area contributed by atoms with Crippen molar-refractivity contribution in [3.05, 3.63) is 130 Å². The molecule has 0 bridgehead atoms. The van der Waals surface area contributed by atoms with Gasteiger partial charge in [0, 0.05) is 29.6 Å². The molecule has 0 aliphatic carbocycles. The number of nitrogens with zero attached hydrogens (tertiary/aromatic N) is 2. The highest BCUT2D eigenvalue weighted by atomic mass is 35.5. The molecule has 4 aromatic rings. The number of anilines is 1. The van der Waals surface area contributed by atoms with Crippen LogP contribution in [-0.2, 0) is 32.6 Å². The van der Waals surface area contributed by atoms with E-state index in [4.69, 9.17) is 23.2 Å². The normalized spacial score (nSPS) is 11.9. The van der Waals surface area contributed by atoms with E-state index in [0.29, 0.717) is 27.8 Å². The second-order valence-electron chi connectivity index (χ2n) is 10.8. The number of sulfonamides is 1. The molecule has 0 radical (unpaired) electrons. The quantitative estimate of drug-likeness (QED) is 0.146. The lowest BCUT2D eigenvalue weighted by molar-refractivity contribution is -0.140. The molecule has 0 heterocycles. The summed E-state index contributed by atoms with van der Waals surface area (Å²) in [6, 6.07) is 28.3. The van der Waals surface area contributed by atoms with Gasteiger partial charge in [-0.25, -0.2) is 8.42 Å². The van der Waals surface area contributed by atoms with Crippen LogP contribution in [0.5, 0.6) is 0 Å². The topological polar surface area (TPSA) is 86.8 Å². The lowest BCUT2D eigenvalue weighted by atomic mass is 10.0. The zero-order valence-corrected chi connectivity index (χ0v) is 27.7. The molecule has 0 aliphatic rings. The van der Waals surface area contributed by atoms with Crippen molar-refractivity contribution in [2.45, 2.75) is 50.6 Å². The van der Waals surface area contributed by atoms with Crippen molar-refractivity contribution >= 4 is 50.7 Å². The third-order valence-corrected chi connectivity index (χ3v) is 9.78. The summed E-state index contributed by atoms with van der Waals surface area (Å²) in [5.74, 6) is -0.879. The molecule has 236 valence electrons. The van der Waals surface area contributed by atoms with Crippen LogP contribution in [-0.4, -0.2) is 44.3 Å². The maximum Gasteiger partial charge on any atom is 0.264 e. The van der Waals surface area contributed by atoms with Gasteiger partial charge in [0.25, 0.3) is 10.0 Å². The number of carbonyl (C=O) groups is 2. The minimum Gasteiger partial charge on any atom is -0.354 e. The Kier molecular flexibility index (Phi) is 12.0. The number of halogens is 2.